The number of hydrogen-bond donors (Lipinski definition) is 0. The summed E-state index contributed by atoms with van der Waals surface area (Å²) in [5, 5.41) is 0.839. The van der Waals surface area contributed by atoms with Crippen molar-refractivity contribution in [2.75, 3.05) is 49.0 Å². The van der Waals surface area contributed by atoms with Crippen LogP contribution in [0.1, 0.15) is 31.9 Å². The Bertz CT molecular complexity index is 1080. The zero-order valence-corrected chi connectivity index (χ0v) is 18.8. The molecular formula is C21H29N5O4S. The summed E-state index contributed by atoms with van der Waals surface area (Å²) in [6, 6.07) is 4.13. The van der Waals surface area contributed by atoms with Crippen molar-refractivity contribution in [1.29, 1.82) is 0 Å². The molecule has 168 valence electrons. The third-order valence-corrected chi connectivity index (χ3v) is 7.19. The van der Waals surface area contributed by atoms with E-state index in [0.717, 1.165) is 43.6 Å². The quantitative estimate of drug-likeness (QED) is 0.691. The van der Waals surface area contributed by atoms with Crippen molar-refractivity contribution < 1.29 is 17.9 Å². The molecule has 5 rings (SSSR count). The van der Waals surface area contributed by atoms with Crippen LogP contribution in [0.4, 0.5) is 11.8 Å². The van der Waals surface area contributed by atoms with E-state index in [2.05, 4.69) is 21.7 Å². The largest absolute Gasteiger partial charge is 0.377 e. The third-order valence-electron chi connectivity index (χ3n) is 6.37. The first kappa shape index (κ1) is 20.8. The number of anilines is 2. The molecule has 2 saturated heterocycles. The molecule has 2 aliphatic heterocycles. The summed E-state index contributed by atoms with van der Waals surface area (Å²) in [6.45, 7) is 5.56. The van der Waals surface area contributed by atoms with Gasteiger partial charge in [0.15, 0.2) is 15.5 Å². The van der Waals surface area contributed by atoms with E-state index in [1.807, 2.05) is 6.07 Å². The molecule has 0 amide bonds. The molecule has 0 radical (unpaired) electrons. The lowest BCUT2D eigenvalue weighted by molar-refractivity contribution is 0.0250. The molecule has 0 spiro atoms. The number of nitrogens with zero attached hydrogens (tertiary/aromatic N) is 5. The predicted molar refractivity (Wildman–Crippen MR) is 118 cm³/mol. The van der Waals surface area contributed by atoms with E-state index in [4.69, 9.17) is 19.4 Å². The van der Waals surface area contributed by atoms with Crippen LogP contribution in [0.2, 0.25) is 0 Å². The molecule has 1 aliphatic carbocycles. The van der Waals surface area contributed by atoms with Gasteiger partial charge in [-0.2, -0.15) is 9.97 Å². The van der Waals surface area contributed by atoms with Crippen molar-refractivity contribution in [3.63, 3.8) is 0 Å². The topological polar surface area (TPSA) is 97.8 Å². The van der Waals surface area contributed by atoms with Crippen LogP contribution in [-0.2, 0) is 25.1 Å². The van der Waals surface area contributed by atoms with Gasteiger partial charge in [-0.3, -0.25) is 0 Å². The lowest BCUT2D eigenvalue weighted by Crippen LogP contribution is -2.49. The highest BCUT2D eigenvalue weighted by molar-refractivity contribution is 7.89. The second-order valence-corrected chi connectivity index (χ2v) is 10.9. The molecule has 31 heavy (non-hydrogen) atoms. The lowest BCUT2D eigenvalue weighted by atomic mass is 10.1. The Morgan fingerprint density at radius 2 is 1.94 bits per heavy atom. The van der Waals surface area contributed by atoms with E-state index in [1.54, 1.807) is 6.07 Å². The minimum Gasteiger partial charge on any atom is -0.377 e. The Morgan fingerprint density at radius 1 is 1.10 bits per heavy atom. The Morgan fingerprint density at radius 3 is 2.74 bits per heavy atom. The van der Waals surface area contributed by atoms with E-state index in [1.165, 1.54) is 6.26 Å². The maximum atomic E-state index is 11.8. The van der Waals surface area contributed by atoms with E-state index < -0.39 is 9.84 Å². The number of rotatable bonds is 4. The minimum atomic E-state index is -3.19. The van der Waals surface area contributed by atoms with E-state index in [9.17, 15) is 8.42 Å². The number of aromatic nitrogens is 3. The number of ether oxygens (including phenoxy) is 2. The molecule has 4 heterocycles. The molecule has 10 heteroatoms. The van der Waals surface area contributed by atoms with Gasteiger partial charge < -0.3 is 19.3 Å². The fourth-order valence-corrected chi connectivity index (χ4v) is 5.63. The molecule has 1 saturated carbocycles. The maximum absolute atomic E-state index is 11.8. The number of fused-ring (bicyclic) bond motifs is 2. The number of sulfone groups is 1. The van der Waals surface area contributed by atoms with Crippen molar-refractivity contribution in [2.24, 2.45) is 0 Å². The van der Waals surface area contributed by atoms with E-state index in [-0.39, 0.29) is 23.9 Å². The second kappa shape index (κ2) is 8.14. The summed E-state index contributed by atoms with van der Waals surface area (Å²) < 4.78 is 35.2. The summed E-state index contributed by atoms with van der Waals surface area (Å²) in [5.41, 5.74) is 1.04. The SMILES string of the molecule is C[C@H]1COCCN1c1nc(N2CCO[C@@H]3CCC[C@@H]32)nc2nc(CS(C)(=O)=O)ccc12. The summed E-state index contributed by atoms with van der Waals surface area (Å²) in [7, 11) is -3.19. The van der Waals surface area contributed by atoms with Crippen LogP contribution in [0.5, 0.6) is 0 Å². The molecule has 2 aromatic heterocycles. The van der Waals surface area contributed by atoms with Crippen molar-refractivity contribution in [3.8, 4) is 0 Å². The smallest absolute Gasteiger partial charge is 0.229 e. The molecule has 0 bridgehead atoms. The molecular weight excluding hydrogens is 418 g/mol. The van der Waals surface area contributed by atoms with Gasteiger partial charge >= 0.3 is 0 Å². The van der Waals surface area contributed by atoms with Crippen LogP contribution in [0.25, 0.3) is 11.0 Å². The van der Waals surface area contributed by atoms with Crippen molar-refractivity contribution >= 4 is 32.6 Å². The van der Waals surface area contributed by atoms with Crippen LogP contribution in [-0.4, -0.2) is 80.7 Å². The molecule has 2 aromatic rings. The van der Waals surface area contributed by atoms with Crippen LogP contribution >= 0.6 is 0 Å². The lowest BCUT2D eigenvalue weighted by Gasteiger charge is -2.39. The van der Waals surface area contributed by atoms with Gasteiger partial charge in [0, 0.05) is 19.3 Å². The van der Waals surface area contributed by atoms with Crippen molar-refractivity contribution in [2.45, 2.75) is 50.1 Å². The third kappa shape index (κ3) is 4.20. The first-order valence-electron chi connectivity index (χ1n) is 11.0. The average molecular weight is 448 g/mol. The molecule has 0 aromatic carbocycles. The first-order valence-corrected chi connectivity index (χ1v) is 13.0. The van der Waals surface area contributed by atoms with Crippen LogP contribution < -0.4 is 9.80 Å². The van der Waals surface area contributed by atoms with Crippen LogP contribution in [0.15, 0.2) is 12.1 Å². The number of pyridine rings is 1. The van der Waals surface area contributed by atoms with Crippen LogP contribution in [0, 0.1) is 0 Å². The highest BCUT2D eigenvalue weighted by Crippen LogP contribution is 2.34. The molecule has 9 nitrogen and oxygen atoms in total. The van der Waals surface area contributed by atoms with Crippen molar-refractivity contribution in [1.82, 2.24) is 15.0 Å². The van der Waals surface area contributed by atoms with E-state index >= 15 is 0 Å². The predicted octanol–water partition coefficient (Wildman–Crippen LogP) is 1.55. The minimum absolute atomic E-state index is 0.103. The van der Waals surface area contributed by atoms with Gasteiger partial charge in [-0.25, -0.2) is 13.4 Å². The molecule has 0 unspecified atom stereocenters. The Hall–Kier alpha value is -2.04. The van der Waals surface area contributed by atoms with Gasteiger partial charge in [0.05, 0.1) is 54.8 Å². The fourth-order valence-electron chi connectivity index (χ4n) is 4.93. The standard InChI is InChI=1S/C21H29N5O4S/c1-14-12-29-10-8-25(14)20-16-7-6-15(13-31(2,27)28)22-19(16)23-21(24-20)26-9-11-30-18-5-3-4-17(18)26/h6-7,14,17-18H,3-5,8-13H2,1-2H3/t14-,17-,18+/m0/s1. The summed E-state index contributed by atoms with van der Waals surface area (Å²) in [5.74, 6) is 1.40. The zero-order chi connectivity index (χ0) is 21.6. The van der Waals surface area contributed by atoms with Gasteiger partial charge in [-0.15, -0.1) is 0 Å². The summed E-state index contributed by atoms with van der Waals surface area (Å²) >= 11 is 0. The van der Waals surface area contributed by atoms with Gasteiger partial charge in [0.1, 0.15) is 5.82 Å². The summed E-state index contributed by atoms with van der Waals surface area (Å²) in [6.07, 6.45) is 4.72. The molecule has 3 fully saturated rings. The fraction of sp³-hybridized carbons (Fsp3) is 0.667. The Labute approximate surface area is 182 Å². The van der Waals surface area contributed by atoms with Gasteiger partial charge in [0.2, 0.25) is 5.95 Å². The molecule has 3 aliphatic rings. The highest BCUT2D eigenvalue weighted by Gasteiger charge is 2.38. The highest BCUT2D eigenvalue weighted by atomic mass is 32.2. The zero-order valence-electron chi connectivity index (χ0n) is 18.0. The van der Waals surface area contributed by atoms with Gasteiger partial charge in [-0.1, -0.05) is 0 Å². The number of hydrogen-bond acceptors (Lipinski definition) is 9. The molecule has 0 N–H and O–H groups in total. The maximum Gasteiger partial charge on any atom is 0.229 e. The monoisotopic (exact) mass is 447 g/mol. The normalized spacial score (nSPS) is 27.0. The second-order valence-electron chi connectivity index (χ2n) is 8.81. The van der Waals surface area contributed by atoms with E-state index in [0.29, 0.717) is 37.1 Å². The van der Waals surface area contributed by atoms with Gasteiger partial charge in [0.25, 0.3) is 0 Å². The summed E-state index contributed by atoms with van der Waals surface area (Å²) in [4.78, 5) is 19.0. The van der Waals surface area contributed by atoms with Gasteiger partial charge in [-0.05, 0) is 38.3 Å². The van der Waals surface area contributed by atoms with Crippen LogP contribution in [0.3, 0.4) is 0 Å². The Kier molecular flexibility index (Phi) is 5.47. The van der Waals surface area contributed by atoms with Crippen molar-refractivity contribution in [3.05, 3.63) is 17.8 Å². The first-order chi connectivity index (χ1) is 14.9. The number of morpholine rings is 2. The Balaban J connectivity index is 1.62. The molecule has 3 atom stereocenters. The average Bonchev–Trinajstić information content (AvgIpc) is 3.21.